The Balaban J connectivity index is 2.14. The Morgan fingerprint density at radius 1 is 1.31 bits per heavy atom. The van der Waals surface area contributed by atoms with Crippen molar-refractivity contribution in [2.75, 3.05) is 26.4 Å². The number of oxazole rings is 1. The largest absolute Gasteiger partial charge is 0.448 e. The topological polar surface area (TPSA) is 56.5 Å². The van der Waals surface area contributed by atoms with Gasteiger partial charge in [0, 0.05) is 13.2 Å². The molecule has 0 unspecified atom stereocenters. The second kappa shape index (κ2) is 8.13. The van der Waals surface area contributed by atoms with E-state index >= 15 is 0 Å². The molecule has 0 amide bonds. The van der Waals surface area contributed by atoms with Gasteiger partial charge in [-0.1, -0.05) is 13.8 Å². The Hall–Kier alpha value is -1.07. The third-order valence-electron chi connectivity index (χ3n) is 1.89. The van der Waals surface area contributed by atoms with E-state index in [2.05, 4.69) is 17.2 Å². The van der Waals surface area contributed by atoms with Crippen LogP contribution in [0.1, 0.15) is 26.0 Å². The molecule has 0 radical (unpaired) electrons. The van der Waals surface area contributed by atoms with Gasteiger partial charge in [-0.05, 0) is 13.0 Å². The summed E-state index contributed by atoms with van der Waals surface area (Å²) >= 11 is 0. The molecule has 16 heavy (non-hydrogen) atoms. The van der Waals surface area contributed by atoms with E-state index in [0.717, 1.165) is 25.3 Å². The molecule has 0 saturated heterocycles. The zero-order valence-corrected chi connectivity index (χ0v) is 9.99. The molecular formula is C11H20N2O3. The molecule has 0 spiro atoms. The van der Waals surface area contributed by atoms with Gasteiger partial charge in [0.15, 0.2) is 0 Å². The molecule has 0 aromatic carbocycles. The van der Waals surface area contributed by atoms with E-state index in [-0.39, 0.29) is 0 Å². The minimum Gasteiger partial charge on any atom is -0.448 e. The summed E-state index contributed by atoms with van der Waals surface area (Å²) in [6, 6.07) is 0. The maximum absolute atomic E-state index is 5.28. The normalized spacial score (nSPS) is 10.6. The molecule has 0 bridgehead atoms. The molecule has 5 heteroatoms. The second-order valence-electron chi connectivity index (χ2n) is 3.35. The van der Waals surface area contributed by atoms with Gasteiger partial charge in [0.2, 0.25) is 0 Å². The van der Waals surface area contributed by atoms with Gasteiger partial charge in [0.05, 0.1) is 12.3 Å². The highest BCUT2D eigenvalue weighted by Gasteiger charge is 2.03. The third kappa shape index (κ3) is 5.14. The average Bonchev–Trinajstić information content (AvgIpc) is 2.74. The average molecular weight is 228 g/mol. The molecular weight excluding hydrogens is 208 g/mol. The first kappa shape index (κ1) is 13.0. The molecule has 0 aliphatic rings. The van der Waals surface area contributed by atoms with Crippen LogP contribution in [-0.4, -0.2) is 31.3 Å². The van der Waals surface area contributed by atoms with Crippen LogP contribution in [0.15, 0.2) is 10.7 Å². The van der Waals surface area contributed by atoms with E-state index in [1.807, 2.05) is 6.92 Å². The highest BCUT2D eigenvalue weighted by Crippen LogP contribution is 2.09. The Kier molecular flexibility index (Phi) is 6.60. The first-order chi connectivity index (χ1) is 7.86. The van der Waals surface area contributed by atoms with Crippen LogP contribution in [0.4, 0.5) is 0 Å². The highest BCUT2D eigenvalue weighted by atomic mass is 16.6. The van der Waals surface area contributed by atoms with Crippen molar-refractivity contribution in [3.63, 3.8) is 0 Å². The number of hydrogen-bond acceptors (Lipinski definition) is 5. The molecule has 0 fully saturated rings. The summed E-state index contributed by atoms with van der Waals surface area (Å²) in [5.41, 5.74) is 0.853. The number of rotatable bonds is 9. The molecule has 0 atom stereocenters. The van der Waals surface area contributed by atoms with Gasteiger partial charge in [-0.3, -0.25) is 0 Å². The van der Waals surface area contributed by atoms with Crippen molar-refractivity contribution < 1.29 is 13.9 Å². The minimum absolute atomic E-state index is 0.313. The molecule has 1 N–H and O–H groups in total. The van der Waals surface area contributed by atoms with Gasteiger partial charge < -0.3 is 19.2 Å². The van der Waals surface area contributed by atoms with Crippen molar-refractivity contribution in [1.29, 1.82) is 0 Å². The van der Waals surface area contributed by atoms with Gasteiger partial charge in [0.25, 0.3) is 0 Å². The Labute approximate surface area is 96.1 Å². The molecule has 0 aliphatic heterocycles. The Morgan fingerprint density at radius 3 is 2.94 bits per heavy atom. The van der Waals surface area contributed by atoms with E-state index in [0.29, 0.717) is 25.8 Å². The fourth-order valence-corrected chi connectivity index (χ4v) is 1.12. The summed E-state index contributed by atoms with van der Waals surface area (Å²) in [6.07, 6.45) is 2.93. The van der Waals surface area contributed by atoms with Gasteiger partial charge in [-0.15, -0.1) is 0 Å². The summed E-state index contributed by atoms with van der Waals surface area (Å²) in [5.74, 6) is 0. The maximum Gasteiger partial charge on any atom is 0.393 e. The van der Waals surface area contributed by atoms with E-state index in [1.54, 1.807) is 6.26 Å². The third-order valence-corrected chi connectivity index (χ3v) is 1.89. The van der Waals surface area contributed by atoms with E-state index in [9.17, 15) is 0 Å². The number of aromatic nitrogens is 1. The van der Waals surface area contributed by atoms with Crippen LogP contribution in [0.2, 0.25) is 0 Å². The molecule has 1 rings (SSSR count). The van der Waals surface area contributed by atoms with E-state index in [1.165, 1.54) is 0 Å². The lowest BCUT2D eigenvalue weighted by Gasteiger charge is -2.01. The fourth-order valence-electron chi connectivity index (χ4n) is 1.12. The zero-order valence-electron chi connectivity index (χ0n) is 9.99. The van der Waals surface area contributed by atoms with Crippen LogP contribution in [0.5, 0.6) is 6.08 Å². The molecule has 0 aliphatic carbocycles. The van der Waals surface area contributed by atoms with Crippen LogP contribution in [0, 0.1) is 0 Å². The van der Waals surface area contributed by atoms with E-state index in [4.69, 9.17) is 13.9 Å². The summed E-state index contributed by atoms with van der Waals surface area (Å²) in [6.45, 7) is 7.54. The summed E-state index contributed by atoms with van der Waals surface area (Å²) in [4.78, 5) is 4.16. The first-order valence-electron chi connectivity index (χ1n) is 5.72. The first-order valence-corrected chi connectivity index (χ1v) is 5.72. The zero-order chi connectivity index (χ0) is 11.6. The number of hydrogen-bond donors (Lipinski definition) is 1. The van der Waals surface area contributed by atoms with Crippen molar-refractivity contribution in [1.82, 2.24) is 10.3 Å². The maximum atomic E-state index is 5.28. The molecule has 1 heterocycles. The lowest BCUT2D eigenvalue weighted by Crippen LogP contribution is -2.12. The Bertz CT molecular complexity index is 276. The summed E-state index contributed by atoms with van der Waals surface area (Å²) < 4.78 is 15.7. The smallest absolute Gasteiger partial charge is 0.393 e. The van der Waals surface area contributed by atoms with Gasteiger partial charge in [-0.25, -0.2) is 0 Å². The number of nitrogens with one attached hydrogen (secondary N) is 1. The van der Waals surface area contributed by atoms with Gasteiger partial charge in [0.1, 0.15) is 12.9 Å². The van der Waals surface area contributed by atoms with Crippen LogP contribution in [0.3, 0.4) is 0 Å². The number of ether oxygens (including phenoxy) is 2. The van der Waals surface area contributed by atoms with Gasteiger partial charge in [-0.2, -0.15) is 4.98 Å². The predicted molar refractivity (Wildman–Crippen MR) is 60.5 cm³/mol. The van der Waals surface area contributed by atoms with Crippen molar-refractivity contribution in [3.05, 3.63) is 12.0 Å². The quantitative estimate of drug-likeness (QED) is 0.650. The molecule has 5 nitrogen and oxygen atoms in total. The lowest BCUT2D eigenvalue weighted by molar-refractivity contribution is 0.0886. The van der Waals surface area contributed by atoms with Crippen molar-refractivity contribution in [3.8, 4) is 6.08 Å². The lowest BCUT2D eigenvalue weighted by atomic mass is 10.5. The predicted octanol–water partition coefficient (Wildman–Crippen LogP) is 1.59. The van der Waals surface area contributed by atoms with Crippen molar-refractivity contribution in [2.24, 2.45) is 0 Å². The minimum atomic E-state index is 0.313. The molecule has 1 aromatic heterocycles. The van der Waals surface area contributed by atoms with E-state index < -0.39 is 0 Å². The highest BCUT2D eigenvalue weighted by molar-refractivity contribution is 4.99. The van der Waals surface area contributed by atoms with Crippen LogP contribution in [0.25, 0.3) is 0 Å². The monoisotopic (exact) mass is 228 g/mol. The molecule has 92 valence electrons. The van der Waals surface area contributed by atoms with Gasteiger partial charge >= 0.3 is 6.08 Å². The summed E-state index contributed by atoms with van der Waals surface area (Å²) in [5, 5.41) is 3.16. The van der Waals surface area contributed by atoms with Crippen molar-refractivity contribution >= 4 is 0 Å². The fraction of sp³-hybridized carbons (Fsp3) is 0.727. The van der Waals surface area contributed by atoms with Crippen molar-refractivity contribution in [2.45, 2.75) is 26.8 Å². The molecule has 1 aromatic rings. The number of nitrogens with zero attached hydrogens (tertiary/aromatic N) is 1. The Morgan fingerprint density at radius 2 is 2.19 bits per heavy atom. The second-order valence-corrected chi connectivity index (χ2v) is 3.35. The van der Waals surface area contributed by atoms with Crippen LogP contribution in [-0.2, 0) is 11.3 Å². The molecule has 0 saturated carbocycles. The SMILES string of the molecule is CCCOCCOc1nc(CNCC)co1. The van der Waals surface area contributed by atoms with Crippen LogP contribution < -0.4 is 10.1 Å². The summed E-state index contributed by atoms with van der Waals surface area (Å²) in [7, 11) is 0. The standard InChI is InChI=1S/C11H20N2O3/c1-3-5-14-6-7-15-11-13-10(9-16-11)8-12-4-2/h9,12H,3-8H2,1-2H3. The van der Waals surface area contributed by atoms with Crippen LogP contribution >= 0.6 is 0 Å².